The molecular weight excluding hydrogens is 494 g/mol. The number of unbranched alkanes of at least 4 members (excludes halogenated alkanes) is 2. The molecule has 0 aliphatic carbocycles. The van der Waals surface area contributed by atoms with Gasteiger partial charge in [-0.15, -0.1) is 0 Å². The molecule has 0 bridgehead atoms. The summed E-state index contributed by atoms with van der Waals surface area (Å²) < 4.78 is 13.6. The fraction of sp³-hybridized carbons (Fsp3) is 0.344. The number of benzene rings is 3. The van der Waals surface area contributed by atoms with Crippen LogP contribution in [0.3, 0.4) is 0 Å². The Kier molecular flexibility index (Phi) is 8.67. The molecule has 1 aromatic heterocycles. The molecular formula is C32H36ClN3O2. The van der Waals surface area contributed by atoms with Gasteiger partial charge in [-0.25, -0.2) is 4.98 Å². The van der Waals surface area contributed by atoms with E-state index in [9.17, 15) is 0 Å². The van der Waals surface area contributed by atoms with Crippen LogP contribution in [0.5, 0.6) is 11.5 Å². The zero-order valence-electron chi connectivity index (χ0n) is 22.3. The molecule has 0 amide bonds. The van der Waals surface area contributed by atoms with Crippen molar-refractivity contribution in [3.63, 3.8) is 0 Å². The zero-order chi connectivity index (χ0) is 26.3. The minimum atomic E-state index is 0.293. The first kappa shape index (κ1) is 26.3. The molecule has 1 aliphatic heterocycles. The lowest BCUT2D eigenvalue weighted by Gasteiger charge is -2.24. The molecule has 2 heterocycles. The second-order valence-electron chi connectivity index (χ2n) is 9.86. The summed E-state index contributed by atoms with van der Waals surface area (Å²) in [6.07, 6.45) is 4.50. The van der Waals surface area contributed by atoms with Crippen molar-refractivity contribution in [3.8, 4) is 34.1 Å². The number of halogens is 1. The van der Waals surface area contributed by atoms with Gasteiger partial charge in [0.25, 0.3) is 0 Å². The summed E-state index contributed by atoms with van der Waals surface area (Å²) in [5, 5.41) is 0.733. The number of nitrogens with zero attached hydrogens (tertiary/aromatic N) is 3. The molecule has 0 N–H and O–H groups in total. The number of imidazole rings is 1. The van der Waals surface area contributed by atoms with Crippen molar-refractivity contribution in [1.29, 1.82) is 0 Å². The maximum absolute atomic E-state index is 6.26. The van der Waals surface area contributed by atoms with E-state index in [1.807, 2.05) is 18.2 Å². The first-order valence-corrected chi connectivity index (χ1v) is 14.1. The van der Waals surface area contributed by atoms with Crippen LogP contribution in [0.15, 0.2) is 72.8 Å². The molecule has 6 heteroatoms. The van der Waals surface area contributed by atoms with Gasteiger partial charge in [0.05, 0.1) is 11.4 Å². The summed E-state index contributed by atoms with van der Waals surface area (Å²) in [5.74, 6) is 2.68. The Labute approximate surface area is 231 Å². The number of fused-ring (bicyclic) bond motifs is 1. The summed E-state index contributed by atoms with van der Waals surface area (Å²) in [6, 6.07) is 24.9. The Bertz CT molecular complexity index is 1340. The van der Waals surface area contributed by atoms with E-state index in [-0.39, 0.29) is 0 Å². The average Bonchev–Trinajstić information content (AvgIpc) is 3.56. The van der Waals surface area contributed by atoms with Gasteiger partial charge < -0.3 is 14.0 Å². The molecule has 198 valence electrons. The predicted molar refractivity (Wildman–Crippen MR) is 155 cm³/mol. The van der Waals surface area contributed by atoms with Crippen molar-refractivity contribution < 1.29 is 9.47 Å². The third-order valence-electron chi connectivity index (χ3n) is 7.00. The quantitative estimate of drug-likeness (QED) is 0.185. The summed E-state index contributed by atoms with van der Waals surface area (Å²) in [5.41, 5.74) is 5.73. The Morgan fingerprint density at radius 2 is 1.61 bits per heavy atom. The lowest BCUT2D eigenvalue weighted by atomic mass is 10.1. The highest BCUT2D eigenvalue weighted by Gasteiger charge is 2.22. The van der Waals surface area contributed by atoms with Crippen molar-refractivity contribution in [2.45, 2.75) is 59.2 Å². The Balaban J connectivity index is 1.56. The minimum absolute atomic E-state index is 0.293. The van der Waals surface area contributed by atoms with Crippen molar-refractivity contribution in [3.05, 3.63) is 89.1 Å². The summed E-state index contributed by atoms with van der Waals surface area (Å²) in [4.78, 5) is 7.81. The van der Waals surface area contributed by atoms with Crippen molar-refractivity contribution in [2.24, 2.45) is 0 Å². The standard InChI is InChI=1S/C32H36ClN3O2/c1-3-5-18-35(21-24-12-17-29-30(20-24)38-23-37-29)22-28-31(25-13-15-27(33)16-14-25)34-32(36(28)19-6-4-2)26-10-8-7-9-11-26/h7-17,20H,3-6,18-19,21-23H2,1-2H3. The topological polar surface area (TPSA) is 39.5 Å². The predicted octanol–water partition coefficient (Wildman–Crippen LogP) is 8.20. The molecule has 4 aromatic rings. The van der Waals surface area contributed by atoms with Crippen molar-refractivity contribution >= 4 is 11.6 Å². The molecule has 5 rings (SSSR count). The number of aromatic nitrogens is 2. The van der Waals surface area contributed by atoms with Crippen LogP contribution in [0.1, 0.15) is 50.8 Å². The van der Waals surface area contributed by atoms with E-state index in [0.717, 1.165) is 91.0 Å². The normalized spacial score (nSPS) is 12.4. The smallest absolute Gasteiger partial charge is 0.231 e. The van der Waals surface area contributed by atoms with Crippen LogP contribution >= 0.6 is 11.6 Å². The lowest BCUT2D eigenvalue weighted by Crippen LogP contribution is -2.26. The lowest BCUT2D eigenvalue weighted by molar-refractivity contribution is 0.174. The van der Waals surface area contributed by atoms with Gasteiger partial charge in [0.15, 0.2) is 11.5 Å². The second-order valence-corrected chi connectivity index (χ2v) is 10.3. The fourth-order valence-electron chi connectivity index (χ4n) is 4.96. The molecule has 1 aliphatic rings. The van der Waals surface area contributed by atoms with Crippen LogP contribution in [0.4, 0.5) is 0 Å². The Morgan fingerprint density at radius 1 is 0.842 bits per heavy atom. The highest BCUT2D eigenvalue weighted by molar-refractivity contribution is 6.30. The number of rotatable bonds is 12. The van der Waals surface area contributed by atoms with Gasteiger partial charge in [0.2, 0.25) is 6.79 Å². The highest BCUT2D eigenvalue weighted by atomic mass is 35.5. The van der Waals surface area contributed by atoms with Crippen LogP contribution in [-0.2, 0) is 19.6 Å². The van der Waals surface area contributed by atoms with Gasteiger partial charge >= 0.3 is 0 Å². The van der Waals surface area contributed by atoms with Crippen molar-refractivity contribution in [1.82, 2.24) is 14.5 Å². The summed E-state index contributed by atoms with van der Waals surface area (Å²) in [6.45, 7) is 8.35. The molecule has 0 fully saturated rings. The third kappa shape index (κ3) is 6.06. The maximum Gasteiger partial charge on any atom is 0.231 e. The summed E-state index contributed by atoms with van der Waals surface area (Å²) >= 11 is 6.26. The van der Waals surface area contributed by atoms with E-state index in [4.69, 9.17) is 26.1 Å². The molecule has 0 atom stereocenters. The van der Waals surface area contributed by atoms with E-state index < -0.39 is 0 Å². The summed E-state index contributed by atoms with van der Waals surface area (Å²) in [7, 11) is 0. The van der Waals surface area contributed by atoms with Crippen LogP contribution in [-0.4, -0.2) is 27.8 Å². The van der Waals surface area contributed by atoms with Gasteiger partial charge in [0.1, 0.15) is 5.82 Å². The molecule has 3 aromatic carbocycles. The molecule has 5 nitrogen and oxygen atoms in total. The molecule has 0 spiro atoms. The molecule has 0 saturated heterocycles. The SMILES string of the molecule is CCCCN(Cc1ccc2c(c1)OCO2)Cc1c(-c2ccc(Cl)cc2)nc(-c2ccccc2)n1CCCC. The van der Waals surface area contributed by atoms with Crippen molar-refractivity contribution in [2.75, 3.05) is 13.3 Å². The van der Waals surface area contributed by atoms with E-state index in [2.05, 4.69) is 77.9 Å². The maximum atomic E-state index is 6.26. The zero-order valence-corrected chi connectivity index (χ0v) is 23.1. The molecule has 0 unspecified atom stereocenters. The average molecular weight is 530 g/mol. The first-order valence-electron chi connectivity index (χ1n) is 13.7. The van der Waals surface area contributed by atoms with Crippen LogP contribution in [0, 0.1) is 0 Å². The highest BCUT2D eigenvalue weighted by Crippen LogP contribution is 2.34. The first-order chi connectivity index (χ1) is 18.7. The second kappa shape index (κ2) is 12.5. The minimum Gasteiger partial charge on any atom is -0.454 e. The van der Waals surface area contributed by atoms with E-state index in [0.29, 0.717) is 6.79 Å². The van der Waals surface area contributed by atoms with Gasteiger partial charge in [-0.2, -0.15) is 0 Å². The number of ether oxygens (including phenoxy) is 2. The fourth-order valence-corrected chi connectivity index (χ4v) is 5.08. The van der Waals surface area contributed by atoms with Gasteiger partial charge in [-0.05, 0) is 49.2 Å². The van der Waals surface area contributed by atoms with Crippen LogP contribution in [0.2, 0.25) is 5.02 Å². The number of hydrogen-bond acceptors (Lipinski definition) is 4. The number of hydrogen-bond donors (Lipinski definition) is 0. The Morgan fingerprint density at radius 3 is 2.37 bits per heavy atom. The third-order valence-corrected chi connectivity index (χ3v) is 7.25. The van der Waals surface area contributed by atoms with E-state index in [1.165, 1.54) is 11.3 Å². The van der Waals surface area contributed by atoms with Crippen LogP contribution < -0.4 is 9.47 Å². The van der Waals surface area contributed by atoms with Gasteiger partial charge in [-0.3, -0.25) is 4.90 Å². The molecule has 38 heavy (non-hydrogen) atoms. The van der Waals surface area contributed by atoms with E-state index in [1.54, 1.807) is 0 Å². The van der Waals surface area contributed by atoms with Gasteiger partial charge in [0, 0.05) is 35.8 Å². The van der Waals surface area contributed by atoms with Crippen LogP contribution in [0.25, 0.3) is 22.6 Å². The van der Waals surface area contributed by atoms with Gasteiger partial charge in [-0.1, -0.05) is 86.8 Å². The monoisotopic (exact) mass is 529 g/mol. The molecule has 0 radical (unpaired) electrons. The molecule has 0 saturated carbocycles. The largest absolute Gasteiger partial charge is 0.454 e. The van der Waals surface area contributed by atoms with E-state index >= 15 is 0 Å². The Hall–Kier alpha value is -3.28.